The first-order valence-corrected chi connectivity index (χ1v) is 9.84. The topological polar surface area (TPSA) is 67.9 Å². The van der Waals surface area contributed by atoms with Crippen LogP contribution < -0.4 is 14.8 Å². The molecule has 3 rings (SSSR count). The summed E-state index contributed by atoms with van der Waals surface area (Å²) in [4.78, 5) is 26.7. The molecule has 0 radical (unpaired) electrons. The molecular formula is C22H25ClN2O4. The van der Waals surface area contributed by atoms with Gasteiger partial charge in [-0.05, 0) is 54.8 Å². The van der Waals surface area contributed by atoms with Gasteiger partial charge in [-0.15, -0.1) is 0 Å². The number of rotatable bonds is 7. The van der Waals surface area contributed by atoms with E-state index >= 15 is 0 Å². The molecule has 7 heteroatoms. The van der Waals surface area contributed by atoms with Gasteiger partial charge in [0, 0.05) is 30.2 Å². The van der Waals surface area contributed by atoms with Gasteiger partial charge in [0.2, 0.25) is 11.8 Å². The predicted molar refractivity (Wildman–Crippen MR) is 113 cm³/mol. The van der Waals surface area contributed by atoms with E-state index in [1.165, 1.54) is 0 Å². The lowest BCUT2D eigenvalue weighted by Gasteiger charge is -2.17. The van der Waals surface area contributed by atoms with Gasteiger partial charge in [0.25, 0.3) is 0 Å². The van der Waals surface area contributed by atoms with Gasteiger partial charge in [-0.2, -0.15) is 0 Å². The van der Waals surface area contributed by atoms with Crippen molar-refractivity contribution in [1.82, 2.24) is 4.90 Å². The monoisotopic (exact) mass is 416 g/mol. The molecule has 1 unspecified atom stereocenters. The second-order valence-electron chi connectivity index (χ2n) is 7.13. The highest BCUT2D eigenvalue weighted by Crippen LogP contribution is 2.28. The number of ether oxygens (including phenoxy) is 2. The predicted octanol–water partition coefficient (Wildman–Crippen LogP) is 3.70. The van der Waals surface area contributed by atoms with Crippen molar-refractivity contribution < 1.29 is 19.1 Å². The van der Waals surface area contributed by atoms with E-state index in [1.807, 2.05) is 25.1 Å². The van der Waals surface area contributed by atoms with Crippen LogP contribution in [0.4, 0.5) is 5.69 Å². The number of amides is 2. The molecule has 0 aromatic heterocycles. The van der Waals surface area contributed by atoms with E-state index in [9.17, 15) is 9.59 Å². The maximum absolute atomic E-state index is 12.6. The second-order valence-corrected chi connectivity index (χ2v) is 7.57. The highest BCUT2D eigenvalue weighted by molar-refractivity contribution is 6.30. The smallest absolute Gasteiger partial charge is 0.229 e. The average molecular weight is 417 g/mol. The summed E-state index contributed by atoms with van der Waals surface area (Å²) >= 11 is 5.96. The van der Waals surface area contributed by atoms with Crippen LogP contribution in [0, 0.1) is 12.8 Å². The minimum Gasteiger partial charge on any atom is -0.493 e. The van der Waals surface area contributed by atoms with Crippen LogP contribution in [0.1, 0.15) is 17.5 Å². The summed E-state index contributed by atoms with van der Waals surface area (Å²) in [5.41, 5.74) is 2.65. The van der Waals surface area contributed by atoms with E-state index in [4.69, 9.17) is 21.1 Å². The lowest BCUT2D eigenvalue weighted by molar-refractivity contribution is -0.128. The van der Waals surface area contributed by atoms with Crippen molar-refractivity contribution in [3.8, 4) is 11.5 Å². The zero-order chi connectivity index (χ0) is 21.0. The number of nitrogens with zero attached hydrogens (tertiary/aromatic N) is 1. The number of anilines is 1. The summed E-state index contributed by atoms with van der Waals surface area (Å²) in [6, 6.07) is 11.0. The molecule has 1 aliphatic heterocycles. The average Bonchev–Trinajstić information content (AvgIpc) is 3.09. The molecule has 2 amide bonds. The molecule has 0 aliphatic carbocycles. The van der Waals surface area contributed by atoms with Crippen LogP contribution >= 0.6 is 11.6 Å². The molecule has 1 N–H and O–H groups in total. The van der Waals surface area contributed by atoms with Gasteiger partial charge in [-0.3, -0.25) is 9.59 Å². The highest BCUT2D eigenvalue weighted by Gasteiger charge is 2.34. The summed E-state index contributed by atoms with van der Waals surface area (Å²) in [6.45, 7) is 2.86. The summed E-state index contributed by atoms with van der Waals surface area (Å²) in [5.74, 6) is 0.829. The molecule has 0 saturated carbocycles. The van der Waals surface area contributed by atoms with Gasteiger partial charge >= 0.3 is 0 Å². The third-order valence-electron chi connectivity index (χ3n) is 5.15. The molecule has 154 valence electrons. The quantitative estimate of drug-likeness (QED) is 0.747. The highest BCUT2D eigenvalue weighted by atomic mass is 35.5. The fourth-order valence-corrected chi connectivity index (χ4v) is 3.69. The molecular weight excluding hydrogens is 392 g/mol. The van der Waals surface area contributed by atoms with E-state index in [2.05, 4.69) is 5.32 Å². The van der Waals surface area contributed by atoms with Gasteiger partial charge in [0.05, 0.1) is 20.1 Å². The molecule has 29 heavy (non-hydrogen) atoms. The Labute approximate surface area is 175 Å². The van der Waals surface area contributed by atoms with Crippen LogP contribution in [0.25, 0.3) is 0 Å². The van der Waals surface area contributed by atoms with Gasteiger partial charge < -0.3 is 19.7 Å². The third-order valence-corrected chi connectivity index (χ3v) is 5.39. The summed E-state index contributed by atoms with van der Waals surface area (Å²) in [6.07, 6.45) is 0.904. The molecule has 1 fully saturated rings. The number of methoxy groups -OCH3 is 2. The number of aryl methyl sites for hydroxylation is 1. The van der Waals surface area contributed by atoms with Crippen LogP contribution in [-0.4, -0.2) is 44.0 Å². The number of carbonyl (C=O) groups is 2. The Balaban J connectivity index is 1.58. The van der Waals surface area contributed by atoms with Gasteiger partial charge in [0.1, 0.15) is 0 Å². The molecule has 6 nitrogen and oxygen atoms in total. The van der Waals surface area contributed by atoms with Crippen molar-refractivity contribution in [3.05, 3.63) is 52.5 Å². The van der Waals surface area contributed by atoms with Crippen LogP contribution in [0.5, 0.6) is 11.5 Å². The van der Waals surface area contributed by atoms with Crippen molar-refractivity contribution in [2.24, 2.45) is 5.92 Å². The van der Waals surface area contributed by atoms with Crippen molar-refractivity contribution in [3.63, 3.8) is 0 Å². The Morgan fingerprint density at radius 1 is 1.17 bits per heavy atom. The summed E-state index contributed by atoms with van der Waals surface area (Å²) in [7, 11) is 3.19. The Bertz CT molecular complexity index is 916. The Morgan fingerprint density at radius 2 is 1.93 bits per heavy atom. The van der Waals surface area contributed by atoms with E-state index in [0.29, 0.717) is 36.0 Å². The van der Waals surface area contributed by atoms with Gasteiger partial charge in [-0.1, -0.05) is 17.7 Å². The summed E-state index contributed by atoms with van der Waals surface area (Å²) < 4.78 is 10.6. The Kier molecular flexibility index (Phi) is 6.64. The number of benzene rings is 2. The number of halogens is 1. The standard InChI is InChI=1S/C22H25ClN2O4/c1-14-10-17(23)5-6-18(14)24-22(27)16-12-21(26)25(13-16)9-8-15-4-7-19(28-2)20(11-15)29-3/h4-7,10-11,16H,8-9,12-13H2,1-3H3,(H,24,27). The Morgan fingerprint density at radius 3 is 2.62 bits per heavy atom. The van der Waals surface area contributed by atoms with Crippen LogP contribution in [-0.2, 0) is 16.0 Å². The first kappa shape index (κ1) is 21.0. The van der Waals surface area contributed by atoms with Crippen LogP contribution in [0.15, 0.2) is 36.4 Å². The normalized spacial score (nSPS) is 16.1. The van der Waals surface area contributed by atoms with Crippen LogP contribution in [0.2, 0.25) is 5.02 Å². The summed E-state index contributed by atoms with van der Waals surface area (Å²) in [5, 5.41) is 3.54. The zero-order valence-corrected chi connectivity index (χ0v) is 17.6. The van der Waals surface area contributed by atoms with Crippen molar-refractivity contribution in [2.75, 3.05) is 32.6 Å². The van der Waals surface area contributed by atoms with E-state index in [-0.39, 0.29) is 24.2 Å². The van der Waals surface area contributed by atoms with Crippen molar-refractivity contribution in [2.45, 2.75) is 19.8 Å². The molecule has 0 bridgehead atoms. The first-order valence-electron chi connectivity index (χ1n) is 9.47. The number of carbonyl (C=O) groups excluding carboxylic acids is 2. The van der Waals surface area contributed by atoms with Crippen LogP contribution in [0.3, 0.4) is 0 Å². The maximum Gasteiger partial charge on any atom is 0.229 e. The molecule has 1 aliphatic rings. The number of hydrogen-bond donors (Lipinski definition) is 1. The van der Waals surface area contributed by atoms with E-state index in [1.54, 1.807) is 37.3 Å². The molecule has 0 spiro atoms. The molecule has 1 saturated heterocycles. The van der Waals surface area contributed by atoms with E-state index < -0.39 is 0 Å². The fourth-order valence-electron chi connectivity index (χ4n) is 3.47. The SMILES string of the molecule is COc1ccc(CCN2CC(C(=O)Nc3ccc(Cl)cc3C)CC2=O)cc1OC. The molecule has 2 aromatic rings. The lowest BCUT2D eigenvalue weighted by Crippen LogP contribution is -2.30. The largest absolute Gasteiger partial charge is 0.493 e. The molecule has 1 atom stereocenters. The fraction of sp³-hybridized carbons (Fsp3) is 0.364. The minimum absolute atomic E-state index is 0.00143. The van der Waals surface area contributed by atoms with E-state index in [0.717, 1.165) is 16.8 Å². The second kappa shape index (κ2) is 9.18. The Hall–Kier alpha value is -2.73. The van der Waals surface area contributed by atoms with Gasteiger partial charge in [-0.25, -0.2) is 0 Å². The number of hydrogen-bond acceptors (Lipinski definition) is 4. The zero-order valence-electron chi connectivity index (χ0n) is 16.8. The first-order chi connectivity index (χ1) is 13.9. The number of nitrogens with one attached hydrogen (secondary N) is 1. The minimum atomic E-state index is -0.358. The van der Waals surface area contributed by atoms with Crippen molar-refractivity contribution in [1.29, 1.82) is 0 Å². The lowest BCUT2D eigenvalue weighted by atomic mass is 10.1. The molecule has 2 aromatic carbocycles. The molecule has 1 heterocycles. The third kappa shape index (κ3) is 5.01. The number of likely N-dealkylation sites (tertiary alicyclic amines) is 1. The maximum atomic E-state index is 12.6. The van der Waals surface area contributed by atoms with Gasteiger partial charge in [0.15, 0.2) is 11.5 Å². The van der Waals surface area contributed by atoms with Crippen molar-refractivity contribution >= 4 is 29.1 Å².